The maximum atomic E-state index is 12.0. The molecule has 1 aromatic heterocycles. The smallest absolute Gasteiger partial charge is 0.255 e. The zero-order chi connectivity index (χ0) is 24.4. The number of hydrogen-bond acceptors (Lipinski definition) is 7. The van der Waals surface area contributed by atoms with Gasteiger partial charge in [0.05, 0.1) is 72.2 Å². The Morgan fingerprint density at radius 1 is 0.794 bits per heavy atom. The summed E-state index contributed by atoms with van der Waals surface area (Å²) in [7, 11) is 1.65. The van der Waals surface area contributed by atoms with Crippen molar-refractivity contribution < 1.29 is 28.4 Å². The normalized spacial score (nSPS) is 12.2. The summed E-state index contributed by atoms with van der Waals surface area (Å²) < 4.78 is 34.6. The number of pyridine rings is 1. The lowest BCUT2D eigenvalue weighted by molar-refractivity contribution is -0.0530. The van der Waals surface area contributed by atoms with Crippen molar-refractivity contribution in [3.63, 3.8) is 0 Å². The van der Waals surface area contributed by atoms with Crippen LogP contribution in [0.25, 0.3) is 5.69 Å². The summed E-state index contributed by atoms with van der Waals surface area (Å²) >= 11 is 0. The molecule has 2 rings (SSSR count). The van der Waals surface area contributed by atoms with Crippen LogP contribution in [0.2, 0.25) is 0 Å². The molecule has 0 radical (unpaired) electrons. The summed E-state index contributed by atoms with van der Waals surface area (Å²) in [6.07, 6.45) is 2.74. The number of rotatable bonds is 19. The molecule has 0 aliphatic carbocycles. The predicted molar refractivity (Wildman–Crippen MR) is 131 cm³/mol. The molecular formula is C26H39NO7. The quantitative estimate of drug-likeness (QED) is 0.288. The van der Waals surface area contributed by atoms with Gasteiger partial charge in [0, 0.05) is 25.1 Å². The van der Waals surface area contributed by atoms with Crippen LogP contribution < -0.4 is 5.56 Å². The second-order valence-corrected chi connectivity index (χ2v) is 7.83. The highest BCUT2D eigenvalue weighted by molar-refractivity contribution is 5.35. The topological polar surface area (TPSA) is 77.4 Å². The molecule has 2 aromatic rings. The minimum Gasteiger partial charge on any atom is -0.382 e. The second kappa shape index (κ2) is 17.4. The van der Waals surface area contributed by atoms with Gasteiger partial charge in [0.1, 0.15) is 0 Å². The summed E-state index contributed by atoms with van der Waals surface area (Å²) in [5.41, 5.74) is 2.88. The highest BCUT2D eigenvalue weighted by atomic mass is 16.6. The molecule has 0 saturated heterocycles. The number of nitrogens with zero attached hydrogens (tertiary/aromatic N) is 1. The third-order valence-electron chi connectivity index (χ3n) is 5.06. The van der Waals surface area contributed by atoms with E-state index in [4.69, 9.17) is 28.4 Å². The summed E-state index contributed by atoms with van der Waals surface area (Å²) in [6.45, 7) is 9.41. The number of hydrogen-bond donors (Lipinski definition) is 0. The van der Waals surface area contributed by atoms with Gasteiger partial charge < -0.3 is 28.4 Å². The van der Waals surface area contributed by atoms with E-state index in [0.717, 1.165) is 23.2 Å². The molecule has 0 fully saturated rings. The van der Waals surface area contributed by atoms with Crippen molar-refractivity contribution >= 4 is 0 Å². The number of methoxy groups -OCH3 is 1. The Hall–Kier alpha value is -2.07. The fraction of sp³-hybridized carbons (Fsp3) is 0.577. The molecule has 8 nitrogen and oxygen atoms in total. The van der Waals surface area contributed by atoms with Crippen molar-refractivity contribution in [3.05, 3.63) is 64.1 Å². The van der Waals surface area contributed by atoms with Crippen molar-refractivity contribution in [2.24, 2.45) is 0 Å². The molecule has 190 valence electrons. The van der Waals surface area contributed by atoms with Gasteiger partial charge in [-0.25, -0.2) is 0 Å². The summed E-state index contributed by atoms with van der Waals surface area (Å²) in [6, 6.07) is 11.2. The number of benzene rings is 1. The molecule has 1 unspecified atom stereocenters. The molecule has 0 spiro atoms. The predicted octanol–water partition coefficient (Wildman–Crippen LogP) is 3.15. The van der Waals surface area contributed by atoms with Crippen molar-refractivity contribution in [1.82, 2.24) is 4.57 Å². The monoisotopic (exact) mass is 477 g/mol. The second-order valence-electron chi connectivity index (χ2n) is 7.83. The van der Waals surface area contributed by atoms with Gasteiger partial charge >= 0.3 is 0 Å². The van der Waals surface area contributed by atoms with E-state index in [9.17, 15) is 4.79 Å². The van der Waals surface area contributed by atoms with Crippen LogP contribution in [0.1, 0.15) is 24.5 Å². The molecule has 0 amide bonds. The van der Waals surface area contributed by atoms with Crippen molar-refractivity contribution in [3.8, 4) is 5.69 Å². The van der Waals surface area contributed by atoms with Crippen LogP contribution in [0, 0.1) is 6.92 Å². The fourth-order valence-electron chi connectivity index (χ4n) is 3.09. The van der Waals surface area contributed by atoms with Gasteiger partial charge in [0.2, 0.25) is 0 Å². The maximum Gasteiger partial charge on any atom is 0.255 e. The van der Waals surface area contributed by atoms with Crippen LogP contribution in [0.3, 0.4) is 0 Å². The third-order valence-corrected chi connectivity index (χ3v) is 5.06. The maximum absolute atomic E-state index is 12.0. The molecule has 0 saturated carbocycles. The van der Waals surface area contributed by atoms with Crippen LogP contribution in [-0.4, -0.2) is 77.2 Å². The SMILES string of the molecule is CCC(COCCOCCOCCOC)OCCOCc1ccc(-n2cc(C)ccc2=O)cc1. The minimum absolute atomic E-state index is 0.0351. The average molecular weight is 478 g/mol. The summed E-state index contributed by atoms with van der Waals surface area (Å²) in [5.74, 6) is 0. The Kier molecular flexibility index (Phi) is 14.4. The number of ether oxygens (including phenoxy) is 6. The highest BCUT2D eigenvalue weighted by Crippen LogP contribution is 2.10. The molecule has 0 aliphatic rings. The average Bonchev–Trinajstić information content (AvgIpc) is 2.85. The lowest BCUT2D eigenvalue weighted by Crippen LogP contribution is -2.22. The van der Waals surface area contributed by atoms with E-state index in [1.165, 1.54) is 0 Å². The van der Waals surface area contributed by atoms with Crippen LogP contribution in [0.15, 0.2) is 47.4 Å². The van der Waals surface area contributed by atoms with Crippen LogP contribution in [0.5, 0.6) is 0 Å². The highest BCUT2D eigenvalue weighted by Gasteiger charge is 2.07. The van der Waals surface area contributed by atoms with Gasteiger partial charge in [0.25, 0.3) is 5.56 Å². The minimum atomic E-state index is -0.0444. The van der Waals surface area contributed by atoms with E-state index in [1.54, 1.807) is 17.7 Å². The number of aryl methyl sites for hydroxylation is 1. The lowest BCUT2D eigenvalue weighted by Gasteiger charge is -2.16. The van der Waals surface area contributed by atoms with E-state index in [-0.39, 0.29) is 11.7 Å². The first-order valence-corrected chi connectivity index (χ1v) is 11.8. The van der Waals surface area contributed by atoms with Crippen molar-refractivity contribution in [2.45, 2.75) is 33.0 Å². The van der Waals surface area contributed by atoms with Gasteiger partial charge in [-0.3, -0.25) is 9.36 Å². The van der Waals surface area contributed by atoms with Crippen molar-refractivity contribution in [2.75, 3.05) is 66.6 Å². The Bertz CT molecular complexity index is 838. The van der Waals surface area contributed by atoms with Gasteiger partial charge in [-0.15, -0.1) is 0 Å². The zero-order valence-electron chi connectivity index (χ0n) is 20.7. The van der Waals surface area contributed by atoms with E-state index in [1.807, 2.05) is 43.5 Å². The van der Waals surface area contributed by atoms with Crippen molar-refractivity contribution in [1.29, 1.82) is 0 Å². The molecule has 0 bridgehead atoms. The Morgan fingerprint density at radius 3 is 2.12 bits per heavy atom. The van der Waals surface area contributed by atoms with E-state index >= 15 is 0 Å². The van der Waals surface area contributed by atoms with Crippen LogP contribution >= 0.6 is 0 Å². The first kappa shape index (κ1) is 28.2. The molecule has 0 aliphatic heterocycles. The van der Waals surface area contributed by atoms with Gasteiger partial charge in [-0.05, 0) is 36.6 Å². The largest absolute Gasteiger partial charge is 0.382 e. The Morgan fingerprint density at radius 2 is 1.44 bits per heavy atom. The molecule has 1 heterocycles. The molecule has 1 atom stereocenters. The fourth-order valence-corrected chi connectivity index (χ4v) is 3.09. The molecule has 34 heavy (non-hydrogen) atoms. The summed E-state index contributed by atoms with van der Waals surface area (Å²) in [5, 5.41) is 0. The van der Waals surface area contributed by atoms with Gasteiger partial charge in [-0.2, -0.15) is 0 Å². The molecular weight excluding hydrogens is 438 g/mol. The third kappa shape index (κ3) is 11.4. The van der Waals surface area contributed by atoms with Gasteiger partial charge in [0.15, 0.2) is 0 Å². The molecule has 8 heteroatoms. The molecule has 1 aromatic carbocycles. The summed E-state index contributed by atoms with van der Waals surface area (Å²) in [4.78, 5) is 12.0. The molecule has 0 N–H and O–H groups in total. The zero-order valence-corrected chi connectivity index (χ0v) is 20.7. The number of aromatic nitrogens is 1. The van der Waals surface area contributed by atoms with E-state index in [0.29, 0.717) is 66.1 Å². The van der Waals surface area contributed by atoms with E-state index < -0.39 is 0 Å². The Balaban J connectivity index is 1.53. The Labute approximate surface area is 202 Å². The van der Waals surface area contributed by atoms with Crippen LogP contribution in [0.4, 0.5) is 0 Å². The standard InChI is InChI=1S/C26H39NO7/c1-4-25(21-33-16-15-31-14-13-30-12-11-29-3)34-18-17-32-20-23-6-8-24(9-7-23)27-19-22(2)5-10-26(27)28/h5-10,19,25H,4,11-18,20-21H2,1-3H3. The van der Waals surface area contributed by atoms with E-state index in [2.05, 4.69) is 6.92 Å². The van der Waals surface area contributed by atoms with Gasteiger partial charge in [-0.1, -0.05) is 25.1 Å². The van der Waals surface area contributed by atoms with Crippen LogP contribution in [-0.2, 0) is 35.0 Å². The first-order valence-electron chi connectivity index (χ1n) is 11.8. The first-order chi connectivity index (χ1) is 16.6. The lowest BCUT2D eigenvalue weighted by atomic mass is 10.2.